The molecule has 0 bridgehead atoms. The van der Waals surface area contributed by atoms with Gasteiger partial charge in [0.2, 0.25) is 10.0 Å². The first-order chi connectivity index (χ1) is 16.1. The number of amides is 3. The molecule has 180 valence electrons. The molecule has 1 aliphatic rings. The van der Waals surface area contributed by atoms with Gasteiger partial charge in [-0.15, -0.1) is 0 Å². The van der Waals surface area contributed by atoms with Crippen LogP contribution in [0.15, 0.2) is 47.4 Å². The van der Waals surface area contributed by atoms with E-state index >= 15 is 0 Å². The number of benzene rings is 2. The summed E-state index contributed by atoms with van der Waals surface area (Å²) in [6.07, 6.45) is -0.286. The minimum Gasteiger partial charge on any atom is -0.494 e. The Morgan fingerprint density at radius 1 is 1.00 bits per heavy atom. The van der Waals surface area contributed by atoms with Crippen LogP contribution in [0.3, 0.4) is 0 Å². The van der Waals surface area contributed by atoms with Crippen LogP contribution in [0.4, 0.5) is 5.69 Å². The maximum Gasteiger partial charge on any atom is 0.307 e. The number of carbonyl (C=O) groups is 4. The fraction of sp³-hybridized carbons (Fsp3) is 0.273. The lowest BCUT2D eigenvalue weighted by Crippen LogP contribution is -2.28. The number of imide groups is 1. The first kappa shape index (κ1) is 24.9. The lowest BCUT2D eigenvalue weighted by Gasteiger charge is -2.09. The van der Waals surface area contributed by atoms with Gasteiger partial charge < -0.3 is 14.8 Å². The molecule has 12 heteroatoms. The monoisotopic (exact) mass is 489 g/mol. The Labute approximate surface area is 196 Å². The van der Waals surface area contributed by atoms with Gasteiger partial charge in [0.05, 0.1) is 29.1 Å². The Balaban J connectivity index is 1.43. The van der Waals surface area contributed by atoms with E-state index in [1.807, 2.05) is 6.92 Å². The molecule has 0 aliphatic carbocycles. The van der Waals surface area contributed by atoms with Crippen molar-refractivity contribution in [3.05, 3.63) is 53.6 Å². The Hall–Kier alpha value is -3.77. The van der Waals surface area contributed by atoms with Gasteiger partial charge in [-0.2, -0.15) is 0 Å². The van der Waals surface area contributed by atoms with Crippen LogP contribution in [0.1, 0.15) is 34.1 Å². The highest BCUT2D eigenvalue weighted by Gasteiger charge is 2.32. The fourth-order valence-electron chi connectivity index (χ4n) is 3.11. The van der Waals surface area contributed by atoms with E-state index in [0.717, 1.165) is 4.90 Å². The average Bonchev–Trinajstić information content (AvgIpc) is 3.02. The fourth-order valence-corrected chi connectivity index (χ4v) is 4.14. The molecule has 0 aromatic heterocycles. The van der Waals surface area contributed by atoms with Gasteiger partial charge in [0.25, 0.3) is 17.7 Å². The van der Waals surface area contributed by atoms with Crippen LogP contribution >= 0.6 is 0 Å². The van der Waals surface area contributed by atoms with Gasteiger partial charge in [-0.3, -0.25) is 24.1 Å². The van der Waals surface area contributed by atoms with E-state index in [9.17, 15) is 27.6 Å². The number of nitrogens with one attached hydrogen (secondary N) is 2. The summed E-state index contributed by atoms with van der Waals surface area (Å²) in [4.78, 5) is 48.8. The van der Waals surface area contributed by atoms with Crippen LogP contribution < -0.4 is 14.8 Å². The lowest BCUT2D eigenvalue weighted by molar-refractivity contribution is -0.147. The second-order valence-corrected chi connectivity index (χ2v) is 8.96. The van der Waals surface area contributed by atoms with E-state index in [1.165, 1.54) is 49.5 Å². The summed E-state index contributed by atoms with van der Waals surface area (Å²) in [6.45, 7) is 1.45. The number of nitrogens with zero attached hydrogens (tertiary/aromatic N) is 1. The predicted octanol–water partition coefficient (Wildman–Crippen LogP) is 1.16. The van der Waals surface area contributed by atoms with Gasteiger partial charge in [-0.1, -0.05) is 0 Å². The van der Waals surface area contributed by atoms with Gasteiger partial charge in [0.15, 0.2) is 6.61 Å². The molecule has 2 aromatic rings. The molecule has 0 atom stereocenters. The molecule has 0 fully saturated rings. The number of fused-ring (bicyclic) bond motifs is 1. The second kappa shape index (κ2) is 10.4. The maximum absolute atomic E-state index is 12.3. The number of ether oxygens (including phenoxy) is 2. The topological polar surface area (TPSA) is 148 Å². The number of esters is 1. The van der Waals surface area contributed by atoms with Crippen LogP contribution in [-0.4, -0.2) is 63.8 Å². The summed E-state index contributed by atoms with van der Waals surface area (Å²) in [5, 5.41) is 2.47. The molecule has 1 heterocycles. The predicted molar refractivity (Wildman–Crippen MR) is 120 cm³/mol. The number of anilines is 1. The minimum absolute atomic E-state index is 0.0180. The summed E-state index contributed by atoms with van der Waals surface area (Å²) in [5.41, 5.74) is 0.672. The zero-order valence-corrected chi connectivity index (χ0v) is 19.3. The molecule has 3 rings (SSSR count). The largest absolute Gasteiger partial charge is 0.494 e. The molecule has 3 amide bonds. The van der Waals surface area contributed by atoms with Gasteiger partial charge in [0.1, 0.15) is 5.75 Å². The van der Waals surface area contributed by atoms with Crippen molar-refractivity contribution in [3.8, 4) is 5.75 Å². The van der Waals surface area contributed by atoms with Crippen molar-refractivity contribution in [2.75, 3.05) is 32.1 Å². The van der Waals surface area contributed by atoms with Crippen molar-refractivity contribution in [1.29, 1.82) is 0 Å². The number of hydrogen-bond acceptors (Lipinski definition) is 8. The molecule has 34 heavy (non-hydrogen) atoms. The summed E-state index contributed by atoms with van der Waals surface area (Å²) in [5.74, 6) is -1.80. The van der Waals surface area contributed by atoms with Crippen LogP contribution in [-0.2, 0) is 24.3 Å². The Morgan fingerprint density at radius 2 is 1.68 bits per heavy atom. The molecule has 0 unspecified atom stereocenters. The molecule has 1 aliphatic heterocycles. The Morgan fingerprint density at radius 3 is 2.35 bits per heavy atom. The zero-order chi connectivity index (χ0) is 24.9. The SMILES string of the molecule is CCOc1ccc(S(=O)(=O)NCCC(=O)OCC(=O)Nc2ccc3c(c2)C(=O)N(C)C3=O)cc1. The molecule has 0 saturated heterocycles. The van der Waals surface area contributed by atoms with Crippen molar-refractivity contribution in [2.24, 2.45) is 0 Å². The van der Waals surface area contributed by atoms with Crippen LogP contribution in [0.2, 0.25) is 0 Å². The average molecular weight is 490 g/mol. The molecule has 2 N–H and O–H groups in total. The quantitative estimate of drug-likeness (QED) is 0.373. The van der Waals surface area contributed by atoms with E-state index in [2.05, 4.69) is 10.0 Å². The number of sulfonamides is 1. The molecule has 0 spiro atoms. The van der Waals surface area contributed by atoms with Crippen molar-refractivity contribution in [2.45, 2.75) is 18.2 Å². The molecule has 2 aromatic carbocycles. The molecule has 0 saturated carbocycles. The Bertz CT molecular complexity index is 1230. The van der Waals surface area contributed by atoms with Crippen LogP contribution in [0.5, 0.6) is 5.75 Å². The van der Waals surface area contributed by atoms with Crippen LogP contribution in [0.25, 0.3) is 0 Å². The van der Waals surface area contributed by atoms with Crippen molar-refractivity contribution in [1.82, 2.24) is 9.62 Å². The van der Waals surface area contributed by atoms with E-state index in [-0.39, 0.29) is 34.7 Å². The first-order valence-electron chi connectivity index (χ1n) is 10.3. The normalized spacial score (nSPS) is 12.9. The zero-order valence-electron chi connectivity index (χ0n) is 18.5. The van der Waals surface area contributed by atoms with Gasteiger partial charge in [0, 0.05) is 19.3 Å². The molecular weight excluding hydrogens is 466 g/mol. The van der Waals surface area contributed by atoms with Gasteiger partial charge in [-0.05, 0) is 49.4 Å². The number of rotatable bonds is 10. The van der Waals surface area contributed by atoms with Gasteiger partial charge >= 0.3 is 5.97 Å². The molecule has 11 nitrogen and oxygen atoms in total. The standard InChI is InChI=1S/C22H23N3O8S/c1-3-32-15-5-7-16(8-6-15)34(30,31)23-11-10-20(27)33-13-19(26)24-14-4-9-17-18(12-14)22(29)25(2)21(17)28/h4-9,12,23H,3,10-11,13H2,1-2H3,(H,24,26). The third-order valence-electron chi connectivity index (χ3n) is 4.80. The van der Waals surface area contributed by atoms with Crippen LogP contribution in [0, 0.1) is 0 Å². The summed E-state index contributed by atoms with van der Waals surface area (Å²) >= 11 is 0. The highest BCUT2D eigenvalue weighted by Crippen LogP contribution is 2.24. The summed E-state index contributed by atoms with van der Waals surface area (Å²) < 4.78 is 37.0. The van der Waals surface area contributed by atoms with E-state index in [0.29, 0.717) is 12.4 Å². The third-order valence-corrected chi connectivity index (χ3v) is 6.28. The van der Waals surface area contributed by atoms with E-state index in [4.69, 9.17) is 9.47 Å². The van der Waals surface area contributed by atoms with Crippen molar-refractivity contribution in [3.63, 3.8) is 0 Å². The highest BCUT2D eigenvalue weighted by atomic mass is 32.2. The summed E-state index contributed by atoms with van der Waals surface area (Å²) in [6, 6.07) is 10.1. The third kappa shape index (κ3) is 5.77. The van der Waals surface area contributed by atoms with Crippen molar-refractivity contribution >= 4 is 39.4 Å². The lowest BCUT2D eigenvalue weighted by atomic mass is 10.1. The smallest absolute Gasteiger partial charge is 0.307 e. The van der Waals surface area contributed by atoms with E-state index < -0.39 is 40.3 Å². The highest BCUT2D eigenvalue weighted by molar-refractivity contribution is 7.89. The molecular formula is C22H23N3O8S. The van der Waals surface area contributed by atoms with Gasteiger partial charge in [-0.25, -0.2) is 13.1 Å². The molecule has 0 radical (unpaired) electrons. The van der Waals surface area contributed by atoms with E-state index in [1.54, 1.807) is 0 Å². The second-order valence-electron chi connectivity index (χ2n) is 7.19. The Kier molecular flexibility index (Phi) is 7.64. The first-order valence-corrected chi connectivity index (χ1v) is 11.7. The summed E-state index contributed by atoms with van der Waals surface area (Å²) in [7, 11) is -2.46. The number of hydrogen-bond donors (Lipinski definition) is 2. The minimum atomic E-state index is -3.82. The number of carbonyl (C=O) groups excluding carboxylic acids is 4. The van der Waals surface area contributed by atoms with Crippen molar-refractivity contribution < 1.29 is 37.1 Å². The maximum atomic E-state index is 12.3.